The molecule has 3 nitrogen and oxygen atoms in total. The fraction of sp³-hybridized carbons (Fsp3) is 0.562. The molecule has 1 aromatic carbocycles. The first-order valence-corrected chi connectivity index (χ1v) is 8.30. The number of quaternary nitrogens is 1. The van der Waals surface area contributed by atoms with Gasteiger partial charge in [-0.2, -0.15) is 0 Å². The lowest BCUT2D eigenvalue weighted by Gasteiger charge is -2.30. The van der Waals surface area contributed by atoms with E-state index in [9.17, 15) is 4.79 Å². The molecule has 0 saturated carbocycles. The summed E-state index contributed by atoms with van der Waals surface area (Å²) in [5, 5.41) is 0.814. The second kappa shape index (κ2) is 8.02. The van der Waals surface area contributed by atoms with Crippen LogP contribution in [0.25, 0.3) is 0 Å². The zero-order chi connectivity index (χ0) is 15.2. The highest BCUT2D eigenvalue weighted by atomic mass is 35.5. The molecule has 2 atom stereocenters. The summed E-state index contributed by atoms with van der Waals surface area (Å²) in [6, 6.07) is 5.52. The van der Waals surface area contributed by atoms with Crippen LogP contribution < -0.4 is 4.90 Å². The number of hydrogen-bond donors (Lipinski definition) is 1. The van der Waals surface area contributed by atoms with Crippen molar-refractivity contribution in [3.63, 3.8) is 0 Å². The normalized spacial score (nSPS) is 22.0. The first kappa shape index (κ1) is 16.6. The molecule has 0 aliphatic carbocycles. The molecular weight excluding hydrogens is 309 g/mol. The standard InChI is InChI=1S/C16H21Cl2NO2/c1-12-5-2-3-8-19(12)9-4-10-21-16(20)13-6-7-14(17)15(18)11-13/h6-7,11-12H,2-5,8-10H2,1H3/p+1/t12-/m0/s1. The van der Waals surface area contributed by atoms with Gasteiger partial charge in [0.1, 0.15) is 0 Å². The SMILES string of the molecule is C[C@H]1CCCC[NH+]1CCCOC(=O)c1ccc(Cl)c(Cl)c1. The molecule has 1 aliphatic rings. The summed E-state index contributed by atoms with van der Waals surface area (Å²) in [4.78, 5) is 13.5. The van der Waals surface area contributed by atoms with Crippen LogP contribution in [0.5, 0.6) is 0 Å². The quantitative estimate of drug-likeness (QED) is 0.664. The second-order valence-corrected chi connectivity index (χ2v) is 6.49. The maximum absolute atomic E-state index is 11.9. The summed E-state index contributed by atoms with van der Waals surface area (Å²) in [6.07, 6.45) is 4.85. The van der Waals surface area contributed by atoms with Crippen LogP contribution in [0, 0.1) is 0 Å². The van der Waals surface area contributed by atoms with Gasteiger partial charge >= 0.3 is 5.97 Å². The van der Waals surface area contributed by atoms with Gasteiger partial charge < -0.3 is 9.64 Å². The van der Waals surface area contributed by atoms with Crippen LogP contribution in [0.2, 0.25) is 10.0 Å². The summed E-state index contributed by atoms with van der Waals surface area (Å²) in [6.45, 7) is 5.06. The number of ether oxygens (including phenoxy) is 1. The zero-order valence-corrected chi connectivity index (χ0v) is 13.8. The van der Waals surface area contributed by atoms with Crippen LogP contribution in [0.15, 0.2) is 18.2 Å². The van der Waals surface area contributed by atoms with E-state index in [1.165, 1.54) is 25.8 Å². The number of benzene rings is 1. The molecule has 1 saturated heterocycles. The highest BCUT2D eigenvalue weighted by Crippen LogP contribution is 2.22. The Bertz CT molecular complexity index is 493. The van der Waals surface area contributed by atoms with E-state index in [2.05, 4.69) is 6.92 Å². The molecule has 1 heterocycles. The van der Waals surface area contributed by atoms with E-state index in [0.29, 0.717) is 22.2 Å². The largest absolute Gasteiger partial charge is 0.462 e. The van der Waals surface area contributed by atoms with Gasteiger partial charge in [0.15, 0.2) is 0 Å². The average Bonchev–Trinajstić information content (AvgIpc) is 2.48. The molecule has 116 valence electrons. The number of likely N-dealkylation sites (tertiary alicyclic amines) is 1. The van der Waals surface area contributed by atoms with Crippen molar-refractivity contribution < 1.29 is 14.4 Å². The number of carbonyl (C=O) groups excluding carboxylic acids is 1. The van der Waals surface area contributed by atoms with Crippen molar-refractivity contribution in [2.75, 3.05) is 19.7 Å². The molecule has 0 bridgehead atoms. The van der Waals surface area contributed by atoms with E-state index < -0.39 is 0 Å². The Labute approximate surface area is 136 Å². The van der Waals surface area contributed by atoms with E-state index in [1.807, 2.05) is 0 Å². The Hall–Kier alpha value is -0.770. The average molecular weight is 331 g/mol. The lowest BCUT2D eigenvalue weighted by molar-refractivity contribution is -0.928. The van der Waals surface area contributed by atoms with E-state index >= 15 is 0 Å². The molecule has 0 amide bonds. The summed E-state index contributed by atoms with van der Waals surface area (Å²) in [5.41, 5.74) is 0.447. The second-order valence-electron chi connectivity index (χ2n) is 5.67. The van der Waals surface area contributed by atoms with Crippen molar-refractivity contribution in [3.8, 4) is 0 Å². The number of esters is 1. The van der Waals surface area contributed by atoms with Crippen molar-refractivity contribution in [2.24, 2.45) is 0 Å². The summed E-state index contributed by atoms with van der Waals surface area (Å²) in [7, 11) is 0. The molecule has 1 fully saturated rings. The Morgan fingerprint density at radius 3 is 2.86 bits per heavy atom. The van der Waals surface area contributed by atoms with Crippen molar-refractivity contribution in [1.29, 1.82) is 0 Å². The van der Waals surface area contributed by atoms with Gasteiger partial charge in [0, 0.05) is 6.42 Å². The third kappa shape index (κ3) is 4.87. The van der Waals surface area contributed by atoms with Crippen LogP contribution in [0.4, 0.5) is 0 Å². The first-order chi connectivity index (χ1) is 10.1. The molecule has 0 spiro atoms. The van der Waals surface area contributed by atoms with E-state index in [1.54, 1.807) is 23.1 Å². The van der Waals surface area contributed by atoms with Crippen LogP contribution in [0.3, 0.4) is 0 Å². The highest BCUT2D eigenvalue weighted by molar-refractivity contribution is 6.42. The van der Waals surface area contributed by atoms with E-state index in [0.717, 1.165) is 19.0 Å². The van der Waals surface area contributed by atoms with Crippen LogP contribution in [-0.4, -0.2) is 31.7 Å². The molecule has 0 radical (unpaired) electrons. The van der Waals surface area contributed by atoms with Crippen LogP contribution in [-0.2, 0) is 4.74 Å². The Morgan fingerprint density at radius 1 is 1.33 bits per heavy atom. The topological polar surface area (TPSA) is 30.7 Å². The predicted molar refractivity (Wildman–Crippen MR) is 85.4 cm³/mol. The summed E-state index contributed by atoms with van der Waals surface area (Å²) in [5.74, 6) is -0.338. The molecule has 1 N–H and O–H groups in total. The smallest absolute Gasteiger partial charge is 0.338 e. The summed E-state index contributed by atoms with van der Waals surface area (Å²) >= 11 is 11.7. The maximum Gasteiger partial charge on any atom is 0.338 e. The van der Waals surface area contributed by atoms with Crippen molar-refractivity contribution >= 4 is 29.2 Å². The third-order valence-corrected chi connectivity index (χ3v) is 4.85. The van der Waals surface area contributed by atoms with Gasteiger partial charge in [-0.3, -0.25) is 0 Å². The lowest BCUT2D eigenvalue weighted by atomic mass is 10.0. The van der Waals surface area contributed by atoms with Crippen molar-refractivity contribution in [3.05, 3.63) is 33.8 Å². The molecule has 5 heteroatoms. The zero-order valence-electron chi connectivity index (χ0n) is 12.3. The van der Waals surface area contributed by atoms with E-state index in [-0.39, 0.29) is 5.97 Å². The van der Waals surface area contributed by atoms with E-state index in [4.69, 9.17) is 27.9 Å². The highest BCUT2D eigenvalue weighted by Gasteiger charge is 2.21. The molecule has 0 aromatic heterocycles. The number of hydrogen-bond acceptors (Lipinski definition) is 2. The number of piperidine rings is 1. The monoisotopic (exact) mass is 330 g/mol. The molecule has 1 unspecified atom stereocenters. The van der Waals surface area contributed by atoms with Crippen molar-refractivity contribution in [2.45, 2.75) is 38.6 Å². The summed E-state index contributed by atoms with van der Waals surface area (Å²) < 4.78 is 5.30. The molecule has 1 aromatic rings. The Morgan fingerprint density at radius 2 is 2.14 bits per heavy atom. The van der Waals surface area contributed by atoms with Gasteiger partial charge in [-0.05, 0) is 44.4 Å². The third-order valence-electron chi connectivity index (χ3n) is 4.11. The van der Waals surface area contributed by atoms with Crippen molar-refractivity contribution in [1.82, 2.24) is 0 Å². The number of carbonyl (C=O) groups is 1. The minimum Gasteiger partial charge on any atom is -0.462 e. The lowest BCUT2D eigenvalue weighted by Crippen LogP contribution is -3.16. The van der Waals surface area contributed by atoms with Gasteiger partial charge in [0.05, 0.1) is 41.3 Å². The van der Waals surface area contributed by atoms with Crippen LogP contribution in [0.1, 0.15) is 43.0 Å². The van der Waals surface area contributed by atoms with Gasteiger partial charge in [-0.25, -0.2) is 4.79 Å². The van der Waals surface area contributed by atoms with Gasteiger partial charge in [0.2, 0.25) is 0 Å². The number of nitrogens with one attached hydrogen (secondary N) is 1. The Kier molecular flexibility index (Phi) is 6.34. The minimum atomic E-state index is -0.338. The molecule has 1 aliphatic heterocycles. The number of halogens is 2. The fourth-order valence-electron chi connectivity index (χ4n) is 2.80. The molecule has 2 rings (SSSR count). The van der Waals surface area contributed by atoms with Gasteiger partial charge in [-0.1, -0.05) is 23.2 Å². The van der Waals surface area contributed by atoms with Gasteiger partial charge in [0.25, 0.3) is 0 Å². The fourth-order valence-corrected chi connectivity index (χ4v) is 3.09. The van der Waals surface area contributed by atoms with Gasteiger partial charge in [-0.15, -0.1) is 0 Å². The minimum absolute atomic E-state index is 0.338. The predicted octanol–water partition coefficient (Wildman–Crippen LogP) is 3.00. The Balaban J connectivity index is 1.72. The maximum atomic E-state index is 11.9. The first-order valence-electron chi connectivity index (χ1n) is 7.54. The van der Waals surface area contributed by atoms with Crippen LogP contribution >= 0.6 is 23.2 Å². The molecular formula is C16H22Cl2NO2+. The number of rotatable bonds is 5. The molecule has 21 heavy (non-hydrogen) atoms.